The molecule has 0 radical (unpaired) electrons. The molecule has 2 aromatic rings. The maximum absolute atomic E-state index is 13.4. The van der Waals surface area contributed by atoms with Crippen LogP contribution in [-0.2, 0) is 16.0 Å². The summed E-state index contributed by atoms with van der Waals surface area (Å²) >= 11 is 5.72. The first-order valence-corrected chi connectivity index (χ1v) is 10.5. The van der Waals surface area contributed by atoms with Crippen LogP contribution in [0, 0.1) is 5.82 Å². The summed E-state index contributed by atoms with van der Waals surface area (Å²) in [5, 5.41) is 0.0702. The Kier molecular flexibility index (Phi) is 6.79. The van der Waals surface area contributed by atoms with Crippen LogP contribution >= 0.6 is 11.6 Å². The van der Waals surface area contributed by atoms with Crippen LogP contribution < -0.4 is 0 Å². The molecule has 0 aliphatic rings. The molecule has 0 saturated carbocycles. The lowest BCUT2D eigenvalue weighted by Gasteiger charge is -2.25. The van der Waals surface area contributed by atoms with Crippen molar-refractivity contribution < 1.29 is 30.8 Å². The molecule has 2 aromatic carbocycles. The summed E-state index contributed by atoms with van der Waals surface area (Å²) in [5.41, 5.74) is -0.971. The molecular weight excluding hydrogens is 432 g/mol. The minimum Gasteiger partial charge on any atom is -0.294 e. The number of ketones is 1. The second kappa shape index (κ2) is 8.44. The highest BCUT2D eigenvalue weighted by Gasteiger charge is 2.37. The van der Waals surface area contributed by atoms with Gasteiger partial charge in [-0.2, -0.15) is 13.2 Å². The van der Waals surface area contributed by atoms with Gasteiger partial charge in [0.25, 0.3) is 0 Å². The van der Waals surface area contributed by atoms with Crippen molar-refractivity contribution in [3.8, 4) is 0 Å². The van der Waals surface area contributed by atoms with Gasteiger partial charge in [-0.1, -0.05) is 17.7 Å². The highest BCUT2D eigenvalue weighted by Crippen LogP contribution is 2.34. The van der Waals surface area contributed by atoms with E-state index in [-0.39, 0.29) is 29.8 Å². The zero-order valence-corrected chi connectivity index (χ0v) is 17.3. The van der Waals surface area contributed by atoms with Gasteiger partial charge in [0.05, 0.1) is 15.2 Å². The Morgan fingerprint density at radius 2 is 1.72 bits per heavy atom. The molecule has 2 rings (SSSR count). The Labute approximate surface area is 171 Å². The van der Waals surface area contributed by atoms with E-state index in [1.54, 1.807) is 0 Å². The Balaban J connectivity index is 2.13. The van der Waals surface area contributed by atoms with Crippen molar-refractivity contribution in [1.82, 2.24) is 0 Å². The van der Waals surface area contributed by atoms with E-state index in [2.05, 4.69) is 0 Å². The van der Waals surface area contributed by atoms with E-state index in [1.165, 1.54) is 19.9 Å². The largest absolute Gasteiger partial charge is 0.416 e. The monoisotopic (exact) mass is 450 g/mol. The minimum atomic E-state index is -4.66. The number of halogens is 5. The maximum atomic E-state index is 13.4. The molecule has 0 aliphatic heterocycles. The molecule has 0 aromatic heterocycles. The van der Waals surface area contributed by atoms with Gasteiger partial charge in [0.15, 0.2) is 15.6 Å². The molecular formula is C20H19ClF4O3S. The van der Waals surface area contributed by atoms with Crippen LogP contribution in [0.1, 0.15) is 49.0 Å². The maximum Gasteiger partial charge on any atom is 0.416 e. The molecule has 0 fully saturated rings. The smallest absolute Gasteiger partial charge is 0.294 e. The van der Waals surface area contributed by atoms with E-state index in [9.17, 15) is 30.8 Å². The summed E-state index contributed by atoms with van der Waals surface area (Å²) in [4.78, 5) is 11.8. The fourth-order valence-corrected chi connectivity index (χ4v) is 4.64. The van der Waals surface area contributed by atoms with E-state index >= 15 is 0 Å². The highest BCUT2D eigenvalue weighted by molar-refractivity contribution is 7.92. The molecule has 9 heteroatoms. The first-order chi connectivity index (χ1) is 13.2. The quantitative estimate of drug-likeness (QED) is 0.378. The Morgan fingerprint density at radius 3 is 2.31 bits per heavy atom. The number of hydrogen-bond acceptors (Lipinski definition) is 3. The number of sulfone groups is 1. The lowest BCUT2D eigenvalue weighted by molar-refractivity contribution is -0.137. The van der Waals surface area contributed by atoms with Gasteiger partial charge in [-0.15, -0.1) is 0 Å². The predicted molar refractivity (Wildman–Crippen MR) is 102 cm³/mol. The van der Waals surface area contributed by atoms with E-state index in [1.807, 2.05) is 0 Å². The van der Waals surface area contributed by atoms with Crippen molar-refractivity contribution in [2.24, 2.45) is 0 Å². The van der Waals surface area contributed by atoms with Crippen molar-refractivity contribution in [1.29, 1.82) is 0 Å². The van der Waals surface area contributed by atoms with Crippen LogP contribution in [0.5, 0.6) is 0 Å². The fraction of sp³-hybridized carbons (Fsp3) is 0.350. The molecule has 0 aliphatic carbocycles. The van der Waals surface area contributed by atoms with Crippen molar-refractivity contribution in [3.63, 3.8) is 0 Å². The molecule has 0 saturated heterocycles. The van der Waals surface area contributed by atoms with Crippen LogP contribution in [0.3, 0.4) is 0 Å². The van der Waals surface area contributed by atoms with Crippen molar-refractivity contribution in [3.05, 3.63) is 64.4 Å². The number of benzene rings is 2. The molecule has 0 atom stereocenters. The molecule has 0 N–H and O–H groups in total. The van der Waals surface area contributed by atoms with Gasteiger partial charge < -0.3 is 0 Å². The van der Waals surface area contributed by atoms with E-state index < -0.39 is 42.8 Å². The van der Waals surface area contributed by atoms with E-state index in [4.69, 9.17) is 11.6 Å². The summed E-state index contributed by atoms with van der Waals surface area (Å²) < 4.78 is 76.3. The van der Waals surface area contributed by atoms with E-state index in [0.29, 0.717) is 6.07 Å². The third kappa shape index (κ3) is 5.57. The minimum absolute atomic E-state index is 0.0281. The molecule has 0 amide bonds. The zero-order valence-electron chi connectivity index (χ0n) is 15.7. The standard InChI is InChI=1S/C20H19ClF4O3S/c1-19(2,8-4-7-18(26)13-9-15(21)12-16(22)10-13)29(27,28)17-6-3-5-14(11-17)20(23,24)25/h3,5-6,9-12H,4,7-8H2,1-2H3. The fourth-order valence-electron chi connectivity index (χ4n) is 2.83. The average molecular weight is 451 g/mol. The van der Waals surface area contributed by atoms with Crippen LogP contribution in [0.2, 0.25) is 5.02 Å². The lowest BCUT2D eigenvalue weighted by atomic mass is 10.0. The second-order valence-corrected chi connectivity index (χ2v) is 10.2. The second-order valence-electron chi connectivity index (χ2n) is 7.22. The van der Waals surface area contributed by atoms with Crippen LogP contribution in [0.25, 0.3) is 0 Å². The number of Topliss-reactive ketones (excluding diaryl/α,β-unsaturated/α-hetero) is 1. The number of hydrogen-bond donors (Lipinski definition) is 0. The average Bonchev–Trinajstić information content (AvgIpc) is 2.60. The SMILES string of the molecule is CC(C)(CCCC(=O)c1cc(F)cc(Cl)c1)S(=O)(=O)c1cccc(C(F)(F)F)c1. The molecule has 3 nitrogen and oxygen atoms in total. The summed E-state index contributed by atoms with van der Waals surface area (Å²) in [6, 6.07) is 6.99. The van der Waals surface area contributed by atoms with Gasteiger partial charge in [0.2, 0.25) is 0 Å². The summed E-state index contributed by atoms with van der Waals surface area (Å²) in [6.45, 7) is 2.79. The number of alkyl halides is 3. The van der Waals surface area contributed by atoms with Gasteiger partial charge >= 0.3 is 6.18 Å². The van der Waals surface area contributed by atoms with Crippen LogP contribution in [-0.4, -0.2) is 18.9 Å². The molecule has 0 heterocycles. The summed E-state index contributed by atoms with van der Waals surface area (Å²) in [6.07, 6.45) is -4.53. The number of rotatable bonds is 7. The van der Waals surface area contributed by atoms with Crippen LogP contribution in [0.4, 0.5) is 17.6 Å². The Hall–Kier alpha value is -1.93. The Bertz CT molecular complexity index is 994. The lowest BCUT2D eigenvalue weighted by Crippen LogP contribution is -2.32. The van der Waals surface area contributed by atoms with Gasteiger partial charge in [0.1, 0.15) is 5.82 Å². The molecule has 0 unspecified atom stereocenters. The Morgan fingerprint density at radius 1 is 1.07 bits per heavy atom. The predicted octanol–water partition coefficient (Wildman–Crippen LogP) is 6.10. The number of carbonyl (C=O) groups excluding carboxylic acids is 1. The number of carbonyl (C=O) groups is 1. The van der Waals surface area contributed by atoms with Crippen molar-refractivity contribution >= 4 is 27.2 Å². The normalized spacial score (nSPS) is 12.8. The molecule has 0 bridgehead atoms. The van der Waals surface area contributed by atoms with Gasteiger partial charge in [-0.25, -0.2) is 12.8 Å². The van der Waals surface area contributed by atoms with Gasteiger partial charge in [-0.3, -0.25) is 4.79 Å². The molecule has 29 heavy (non-hydrogen) atoms. The van der Waals surface area contributed by atoms with E-state index in [0.717, 1.165) is 30.3 Å². The van der Waals surface area contributed by atoms with Gasteiger partial charge in [0, 0.05) is 17.0 Å². The first-order valence-electron chi connectivity index (χ1n) is 8.65. The molecule has 158 valence electrons. The first kappa shape index (κ1) is 23.3. The topological polar surface area (TPSA) is 51.2 Å². The molecule has 0 spiro atoms. The summed E-state index contributed by atoms with van der Waals surface area (Å²) in [5.74, 6) is -1.06. The highest BCUT2D eigenvalue weighted by atomic mass is 35.5. The zero-order chi connectivity index (χ0) is 22.0. The third-order valence-electron chi connectivity index (χ3n) is 4.57. The van der Waals surface area contributed by atoms with Gasteiger partial charge in [-0.05, 0) is 63.1 Å². The third-order valence-corrected chi connectivity index (χ3v) is 7.32. The summed E-state index contributed by atoms with van der Waals surface area (Å²) in [7, 11) is -4.09. The van der Waals surface area contributed by atoms with Crippen molar-refractivity contribution in [2.75, 3.05) is 0 Å². The van der Waals surface area contributed by atoms with Crippen LogP contribution in [0.15, 0.2) is 47.4 Å². The van der Waals surface area contributed by atoms with Crippen molar-refractivity contribution in [2.45, 2.75) is 48.9 Å².